The van der Waals surface area contributed by atoms with Gasteiger partial charge in [0.25, 0.3) is 0 Å². The quantitative estimate of drug-likeness (QED) is 0.729. The van der Waals surface area contributed by atoms with E-state index in [1.807, 2.05) is 48.0 Å². The number of aliphatic hydroxyl groups is 1. The molecule has 0 saturated carbocycles. The van der Waals surface area contributed by atoms with Crippen molar-refractivity contribution in [3.63, 3.8) is 0 Å². The van der Waals surface area contributed by atoms with E-state index < -0.39 is 5.60 Å². The number of ether oxygens (including phenoxy) is 1. The summed E-state index contributed by atoms with van der Waals surface area (Å²) in [6.07, 6.45) is 0. The highest BCUT2D eigenvalue weighted by atomic mass is 32.1. The third-order valence-corrected chi connectivity index (χ3v) is 4.13. The van der Waals surface area contributed by atoms with Gasteiger partial charge in [-0.1, -0.05) is 18.2 Å². The van der Waals surface area contributed by atoms with Crippen molar-refractivity contribution < 1.29 is 14.6 Å². The summed E-state index contributed by atoms with van der Waals surface area (Å²) < 4.78 is 5.52. The summed E-state index contributed by atoms with van der Waals surface area (Å²) in [6.45, 7) is 4.68. The molecular weight excluding hydrogens is 312 g/mol. The van der Waals surface area contributed by atoms with Crippen LogP contribution >= 0.6 is 11.3 Å². The Bertz CT molecular complexity index is 627. The van der Waals surface area contributed by atoms with E-state index in [2.05, 4.69) is 10.6 Å². The predicted octanol–water partition coefficient (Wildman–Crippen LogP) is 2.85. The molecule has 0 spiro atoms. The Kier molecular flexibility index (Phi) is 6.01. The van der Waals surface area contributed by atoms with E-state index in [1.54, 1.807) is 6.92 Å². The third-order valence-electron chi connectivity index (χ3n) is 3.45. The predicted molar refractivity (Wildman–Crippen MR) is 91.7 cm³/mol. The third kappa shape index (κ3) is 4.97. The van der Waals surface area contributed by atoms with Crippen LogP contribution in [0.25, 0.3) is 0 Å². The van der Waals surface area contributed by atoms with Gasteiger partial charge in [-0.25, -0.2) is 4.79 Å². The molecule has 2 aromatic rings. The van der Waals surface area contributed by atoms with Crippen molar-refractivity contribution >= 4 is 17.4 Å². The number of carbonyl (C=O) groups is 1. The van der Waals surface area contributed by atoms with E-state index in [0.29, 0.717) is 13.2 Å². The highest BCUT2D eigenvalue weighted by Crippen LogP contribution is 2.22. The van der Waals surface area contributed by atoms with Crippen LogP contribution in [0.3, 0.4) is 0 Å². The summed E-state index contributed by atoms with van der Waals surface area (Å²) in [6, 6.07) is 9.10. The Hall–Kier alpha value is -2.05. The first-order chi connectivity index (χ1) is 11.0. The molecule has 124 valence electrons. The zero-order valence-corrected chi connectivity index (χ0v) is 14.2. The molecule has 2 amide bonds. The average Bonchev–Trinajstić information content (AvgIpc) is 3.08. The van der Waals surface area contributed by atoms with Gasteiger partial charge < -0.3 is 20.5 Å². The van der Waals surface area contributed by atoms with E-state index in [4.69, 9.17) is 4.74 Å². The van der Waals surface area contributed by atoms with Crippen LogP contribution in [-0.2, 0) is 12.1 Å². The van der Waals surface area contributed by atoms with E-state index in [1.165, 1.54) is 11.3 Å². The lowest BCUT2D eigenvalue weighted by atomic mass is 9.99. The summed E-state index contributed by atoms with van der Waals surface area (Å²) in [5.41, 5.74) is 0.624. The number of rotatable bonds is 7. The monoisotopic (exact) mass is 334 g/mol. The van der Waals surface area contributed by atoms with Crippen LogP contribution in [0.5, 0.6) is 5.75 Å². The molecular formula is C17H22N2O3S. The number of hydrogen-bond acceptors (Lipinski definition) is 4. The maximum absolute atomic E-state index is 11.9. The SMILES string of the molecule is CCOc1ccccc1CNC(=O)NC[C@@](C)(O)c1ccsc1. The number of thiophene rings is 1. The lowest BCUT2D eigenvalue weighted by molar-refractivity contribution is 0.0598. The minimum Gasteiger partial charge on any atom is -0.494 e. The molecule has 0 aliphatic carbocycles. The fourth-order valence-corrected chi connectivity index (χ4v) is 2.89. The molecule has 3 N–H and O–H groups in total. The minimum absolute atomic E-state index is 0.142. The second kappa shape index (κ2) is 7.99. The van der Waals surface area contributed by atoms with E-state index in [-0.39, 0.29) is 12.6 Å². The fourth-order valence-electron chi connectivity index (χ4n) is 2.11. The first-order valence-corrected chi connectivity index (χ1v) is 8.44. The van der Waals surface area contributed by atoms with Crippen molar-refractivity contribution in [1.82, 2.24) is 10.6 Å². The minimum atomic E-state index is -1.08. The lowest BCUT2D eigenvalue weighted by Gasteiger charge is -2.23. The summed E-state index contributed by atoms with van der Waals surface area (Å²) >= 11 is 1.51. The molecule has 1 heterocycles. The second-order valence-corrected chi connectivity index (χ2v) is 6.14. The van der Waals surface area contributed by atoms with E-state index >= 15 is 0 Å². The van der Waals surface area contributed by atoms with Gasteiger partial charge in [0.05, 0.1) is 13.2 Å². The number of amides is 2. The van der Waals surface area contributed by atoms with Crippen molar-refractivity contribution in [2.24, 2.45) is 0 Å². The van der Waals surface area contributed by atoms with Crippen LogP contribution in [0.4, 0.5) is 4.79 Å². The summed E-state index contributed by atoms with van der Waals surface area (Å²) in [5, 5.41) is 19.6. The Balaban J connectivity index is 1.84. The number of hydrogen-bond donors (Lipinski definition) is 3. The molecule has 2 rings (SSSR count). The summed E-state index contributed by atoms with van der Waals surface area (Å²) in [5.74, 6) is 0.764. The topological polar surface area (TPSA) is 70.6 Å². The highest BCUT2D eigenvalue weighted by molar-refractivity contribution is 7.08. The largest absolute Gasteiger partial charge is 0.494 e. The molecule has 0 radical (unpaired) electrons. The second-order valence-electron chi connectivity index (χ2n) is 5.36. The van der Waals surface area contributed by atoms with Crippen LogP contribution in [-0.4, -0.2) is 24.3 Å². The molecule has 0 aliphatic rings. The van der Waals surface area contributed by atoms with Crippen molar-refractivity contribution in [2.75, 3.05) is 13.2 Å². The lowest BCUT2D eigenvalue weighted by Crippen LogP contribution is -2.43. The Morgan fingerprint density at radius 1 is 1.30 bits per heavy atom. The fraction of sp³-hybridized carbons (Fsp3) is 0.353. The molecule has 0 fully saturated rings. The Morgan fingerprint density at radius 3 is 2.78 bits per heavy atom. The van der Waals surface area contributed by atoms with Gasteiger partial charge in [0, 0.05) is 12.1 Å². The van der Waals surface area contributed by atoms with Gasteiger partial charge in [-0.3, -0.25) is 0 Å². The molecule has 0 saturated heterocycles. The molecule has 0 aliphatic heterocycles. The van der Waals surface area contributed by atoms with E-state index in [0.717, 1.165) is 16.9 Å². The summed E-state index contributed by atoms with van der Waals surface area (Å²) in [7, 11) is 0. The standard InChI is InChI=1S/C17H22N2O3S/c1-3-22-15-7-5-4-6-13(15)10-18-16(20)19-12-17(2,21)14-8-9-23-11-14/h4-9,11,21H,3,10,12H2,1-2H3,(H2,18,19,20)/t17-/m1/s1. The van der Waals surface area contributed by atoms with Crippen LogP contribution in [0.2, 0.25) is 0 Å². The van der Waals surface area contributed by atoms with Crippen LogP contribution in [0.1, 0.15) is 25.0 Å². The smallest absolute Gasteiger partial charge is 0.315 e. The van der Waals surface area contributed by atoms with Crippen molar-refractivity contribution in [1.29, 1.82) is 0 Å². The van der Waals surface area contributed by atoms with Gasteiger partial charge >= 0.3 is 6.03 Å². The van der Waals surface area contributed by atoms with Crippen LogP contribution < -0.4 is 15.4 Å². The Morgan fingerprint density at radius 2 is 2.09 bits per heavy atom. The average molecular weight is 334 g/mol. The normalized spacial score (nSPS) is 13.2. The van der Waals surface area contributed by atoms with Crippen molar-refractivity contribution in [3.05, 3.63) is 52.2 Å². The van der Waals surface area contributed by atoms with Gasteiger partial charge in [0.1, 0.15) is 11.4 Å². The molecule has 0 bridgehead atoms. The van der Waals surface area contributed by atoms with Gasteiger partial charge in [-0.05, 0) is 42.3 Å². The highest BCUT2D eigenvalue weighted by Gasteiger charge is 2.24. The Labute approximate surface area is 140 Å². The van der Waals surface area contributed by atoms with Crippen molar-refractivity contribution in [3.8, 4) is 5.75 Å². The van der Waals surface area contributed by atoms with Crippen LogP contribution in [0.15, 0.2) is 41.1 Å². The molecule has 1 aromatic carbocycles. The molecule has 1 aromatic heterocycles. The zero-order valence-electron chi connectivity index (χ0n) is 13.3. The molecule has 6 heteroatoms. The number of urea groups is 1. The molecule has 0 unspecified atom stereocenters. The molecule has 5 nitrogen and oxygen atoms in total. The number of nitrogens with one attached hydrogen (secondary N) is 2. The first kappa shape index (κ1) is 17.3. The number of benzene rings is 1. The number of carbonyl (C=O) groups excluding carboxylic acids is 1. The maximum atomic E-state index is 11.9. The maximum Gasteiger partial charge on any atom is 0.315 e. The molecule has 23 heavy (non-hydrogen) atoms. The number of para-hydroxylation sites is 1. The summed E-state index contributed by atoms with van der Waals surface area (Å²) in [4.78, 5) is 11.9. The van der Waals surface area contributed by atoms with E-state index in [9.17, 15) is 9.90 Å². The van der Waals surface area contributed by atoms with Crippen molar-refractivity contribution in [2.45, 2.75) is 26.0 Å². The first-order valence-electron chi connectivity index (χ1n) is 7.50. The van der Waals surface area contributed by atoms with Gasteiger partial charge in [-0.15, -0.1) is 0 Å². The van der Waals surface area contributed by atoms with Gasteiger partial charge in [0.15, 0.2) is 0 Å². The van der Waals surface area contributed by atoms with Crippen LogP contribution in [0, 0.1) is 0 Å². The van der Waals surface area contributed by atoms with Gasteiger partial charge in [-0.2, -0.15) is 11.3 Å². The van der Waals surface area contributed by atoms with Gasteiger partial charge in [0.2, 0.25) is 0 Å². The molecule has 1 atom stereocenters. The zero-order chi connectivity index (χ0) is 16.7.